The molecule has 0 aromatic heterocycles. The predicted molar refractivity (Wildman–Crippen MR) is 72.8 cm³/mol. The summed E-state index contributed by atoms with van der Waals surface area (Å²) >= 11 is 0. The van der Waals surface area contributed by atoms with Gasteiger partial charge in [-0.15, -0.1) is 0 Å². The van der Waals surface area contributed by atoms with Crippen molar-refractivity contribution >= 4 is 11.6 Å². The maximum absolute atomic E-state index is 13.6. The number of anilines is 1. The number of hydrogen-bond donors (Lipinski definition) is 1. The van der Waals surface area contributed by atoms with Crippen LogP contribution in [0.15, 0.2) is 12.1 Å². The first-order valence-electron chi connectivity index (χ1n) is 6.77. The molecule has 0 heterocycles. The van der Waals surface area contributed by atoms with Gasteiger partial charge in [0.15, 0.2) is 11.6 Å². The minimum atomic E-state index is -1.39. The van der Waals surface area contributed by atoms with Crippen LogP contribution in [-0.2, 0) is 4.79 Å². The molecule has 0 radical (unpaired) electrons. The second kappa shape index (κ2) is 7.11. The normalized spacial score (nSPS) is 11.0. The van der Waals surface area contributed by atoms with Crippen LogP contribution < -0.4 is 5.32 Å². The van der Waals surface area contributed by atoms with E-state index in [0.717, 1.165) is 0 Å². The van der Waals surface area contributed by atoms with E-state index in [9.17, 15) is 23.2 Å². The molecule has 1 N–H and O–H groups in total. The van der Waals surface area contributed by atoms with E-state index >= 15 is 0 Å². The molecule has 1 rings (SSSR count). The van der Waals surface area contributed by atoms with Gasteiger partial charge in [0.2, 0.25) is 5.91 Å². The molecule has 1 aromatic carbocycles. The second-order valence-corrected chi connectivity index (χ2v) is 4.90. The molecule has 0 aliphatic rings. The van der Waals surface area contributed by atoms with Gasteiger partial charge in [-0.3, -0.25) is 4.79 Å². The van der Waals surface area contributed by atoms with Gasteiger partial charge in [-0.2, -0.15) is 5.26 Å². The Morgan fingerprint density at radius 2 is 1.81 bits per heavy atom. The number of hydrogen-bond acceptors (Lipinski definition) is 2. The van der Waals surface area contributed by atoms with Crippen LogP contribution in [0.1, 0.15) is 39.5 Å². The lowest BCUT2D eigenvalue weighted by Crippen LogP contribution is -2.35. The highest BCUT2D eigenvalue weighted by Crippen LogP contribution is 2.31. The summed E-state index contributed by atoms with van der Waals surface area (Å²) in [5.74, 6) is -4.47. The summed E-state index contributed by atoms with van der Waals surface area (Å²) < 4.78 is 39.8. The highest BCUT2D eigenvalue weighted by molar-refractivity contribution is 5.97. The van der Waals surface area contributed by atoms with Gasteiger partial charge in [0.05, 0.1) is 11.8 Å². The summed E-state index contributed by atoms with van der Waals surface area (Å²) in [6.07, 6.45) is 1.76. The Kier molecular flexibility index (Phi) is 5.77. The van der Waals surface area contributed by atoms with Crippen molar-refractivity contribution in [1.82, 2.24) is 0 Å². The SMILES string of the molecule is CCCC(C#N)(CCC)C(=O)Nc1cc(F)cc(F)c1F. The van der Waals surface area contributed by atoms with E-state index in [-0.39, 0.29) is 0 Å². The van der Waals surface area contributed by atoms with Crippen LogP contribution in [0.2, 0.25) is 0 Å². The average molecular weight is 298 g/mol. The lowest BCUT2D eigenvalue weighted by molar-refractivity contribution is -0.123. The van der Waals surface area contributed by atoms with E-state index in [4.69, 9.17) is 0 Å². The molecule has 0 saturated heterocycles. The fourth-order valence-electron chi connectivity index (χ4n) is 2.26. The van der Waals surface area contributed by atoms with Crippen molar-refractivity contribution in [3.63, 3.8) is 0 Å². The molecular weight excluding hydrogens is 281 g/mol. The van der Waals surface area contributed by atoms with Crippen LogP contribution in [-0.4, -0.2) is 5.91 Å². The number of rotatable bonds is 6. The summed E-state index contributed by atoms with van der Waals surface area (Å²) in [4.78, 5) is 12.3. The van der Waals surface area contributed by atoms with E-state index in [1.54, 1.807) is 0 Å². The van der Waals surface area contributed by atoms with Crippen molar-refractivity contribution in [2.75, 3.05) is 5.32 Å². The third-order valence-electron chi connectivity index (χ3n) is 3.24. The van der Waals surface area contributed by atoms with Crippen LogP contribution in [0.5, 0.6) is 0 Å². The average Bonchev–Trinajstić information content (AvgIpc) is 2.43. The Hall–Kier alpha value is -2.03. The monoisotopic (exact) mass is 298 g/mol. The van der Waals surface area contributed by atoms with Crippen molar-refractivity contribution in [3.05, 3.63) is 29.6 Å². The third-order valence-corrected chi connectivity index (χ3v) is 3.24. The number of benzene rings is 1. The number of carbonyl (C=O) groups is 1. The van der Waals surface area contributed by atoms with Crippen LogP contribution >= 0.6 is 0 Å². The number of nitrogens with one attached hydrogen (secondary N) is 1. The molecule has 114 valence electrons. The van der Waals surface area contributed by atoms with E-state index in [1.165, 1.54) is 0 Å². The fraction of sp³-hybridized carbons (Fsp3) is 0.467. The summed E-state index contributed by atoms with van der Waals surface area (Å²) in [5.41, 5.74) is -1.91. The van der Waals surface area contributed by atoms with Crippen molar-refractivity contribution in [2.45, 2.75) is 39.5 Å². The van der Waals surface area contributed by atoms with E-state index in [0.29, 0.717) is 37.8 Å². The summed E-state index contributed by atoms with van der Waals surface area (Å²) in [6, 6.07) is 3.04. The van der Waals surface area contributed by atoms with Gasteiger partial charge < -0.3 is 5.32 Å². The number of nitrogens with zero attached hydrogens (tertiary/aromatic N) is 1. The molecule has 6 heteroatoms. The molecule has 0 aliphatic heterocycles. The molecule has 0 bridgehead atoms. The maximum Gasteiger partial charge on any atom is 0.244 e. The molecule has 1 amide bonds. The predicted octanol–water partition coefficient (Wildman–Crippen LogP) is 4.15. The molecule has 0 saturated carbocycles. The number of nitriles is 1. The van der Waals surface area contributed by atoms with Crippen LogP contribution in [0.25, 0.3) is 0 Å². The fourth-order valence-corrected chi connectivity index (χ4v) is 2.26. The first-order valence-corrected chi connectivity index (χ1v) is 6.77. The molecule has 21 heavy (non-hydrogen) atoms. The first-order chi connectivity index (χ1) is 9.90. The zero-order chi connectivity index (χ0) is 16.0. The Labute approximate surface area is 121 Å². The molecule has 0 aliphatic carbocycles. The second-order valence-electron chi connectivity index (χ2n) is 4.90. The smallest absolute Gasteiger partial charge is 0.244 e. The highest BCUT2D eigenvalue weighted by Gasteiger charge is 2.37. The molecule has 0 fully saturated rings. The first kappa shape index (κ1) is 17.0. The molecule has 3 nitrogen and oxygen atoms in total. The number of halogens is 3. The van der Waals surface area contributed by atoms with E-state index in [2.05, 4.69) is 5.32 Å². The van der Waals surface area contributed by atoms with Crippen LogP contribution in [0.4, 0.5) is 18.9 Å². The standard InChI is InChI=1S/C15H17F3N2O/c1-3-5-15(9-19,6-4-2)14(21)20-12-8-10(16)7-11(17)13(12)18/h7-8H,3-6H2,1-2H3,(H,20,21). The van der Waals surface area contributed by atoms with Gasteiger partial charge in [-0.1, -0.05) is 26.7 Å². The van der Waals surface area contributed by atoms with E-state index < -0.39 is 34.5 Å². The van der Waals surface area contributed by atoms with Crippen molar-refractivity contribution in [3.8, 4) is 6.07 Å². The van der Waals surface area contributed by atoms with Crippen molar-refractivity contribution in [1.29, 1.82) is 5.26 Å². The Morgan fingerprint density at radius 1 is 1.24 bits per heavy atom. The summed E-state index contributed by atoms with van der Waals surface area (Å²) in [7, 11) is 0. The van der Waals surface area contributed by atoms with Crippen molar-refractivity contribution in [2.24, 2.45) is 5.41 Å². The lowest BCUT2D eigenvalue weighted by atomic mass is 9.79. The van der Waals surface area contributed by atoms with Gasteiger partial charge in [0.25, 0.3) is 0 Å². The van der Waals surface area contributed by atoms with Gasteiger partial charge in [0, 0.05) is 12.1 Å². The summed E-state index contributed by atoms with van der Waals surface area (Å²) in [5, 5.41) is 11.4. The van der Waals surface area contributed by atoms with Gasteiger partial charge >= 0.3 is 0 Å². The zero-order valence-electron chi connectivity index (χ0n) is 12.0. The molecular formula is C15H17F3N2O. The largest absolute Gasteiger partial charge is 0.322 e. The van der Waals surface area contributed by atoms with Crippen molar-refractivity contribution < 1.29 is 18.0 Å². The van der Waals surface area contributed by atoms with Crippen LogP contribution in [0.3, 0.4) is 0 Å². The summed E-state index contributed by atoms with van der Waals surface area (Å²) in [6.45, 7) is 3.63. The molecule has 1 aromatic rings. The molecule has 0 spiro atoms. The van der Waals surface area contributed by atoms with Gasteiger partial charge in [0.1, 0.15) is 11.2 Å². The number of carbonyl (C=O) groups excluding carboxylic acids is 1. The Balaban J connectivity index is 3.11. The van der Waals surface area contributed by atoms with E-state index in [1.807, 2.05) is 19.9 Å². The molecule has 0 unspecified atom stereocenters. The highest BCUT2D eigenvalue weighted by atomic mass is 19.2. The minimum Gasteiger partial charge on any atom is -0.322 e. The van der Waals surface area contributed by atoms with Gasteiger partial charge in [-0.05, 0) is 12.8 Å². The lowest BCUT2D eigenvalue weighted by Gasteiger charge is -2.24. The number of amides is 1. The maximum atomic E-state index is 13.6. The van der Waals surface area contributed by atoms with Crippen LogP contribution in [0, 0.1) is 34.2 Å². The zero-order valence-corrected chi connectivity index (χ0v) is 12.0. The van der Waals surface area contributed by atoms with Gasteiger partial charge in [-0.25, -0.2) is 13.2 Å². The Bertz CT molecular complexity index is 561. The minimum absolute atomic E-state index is 0.294. The quantitative estimate of drug-likeness (QED) is 0.802. The molecule has 0 atom stereocenters. The topological polar surface area (TPSA) is 52.9 Å². The Morgan fingerprint density at radius 3 is 2.29 bits per heavy atom. The third kappa shape index (κ3) is 3.75.